The monoisotopic (exact) mass is 313 g/mol. The molecule has 0 unspecified atom stereocenters. The molecule has 1 heterocycles. The maximum Gasteiger partial charge on any atom is 0.273 e. The highest BCUT2D eigenvalue weighted by Gasteiger charge is 2.42. The van der Waals surface area contributed by atoms with Crippen molar-refractivity contribution >= 4 is 17.1 Å². The summed E-state index contributed by atoms with van der Waals surface area (Å²) in [6.45, 7) is 0. The van der Waals surface area contributed by atoms with E-state index in [0.29, 0.717) is 23.2 Å². The van der Waals surface area contributed by atoms with Gasteiger partial charge in [-0.15, -0.1) is 0 Å². The standard InChI is InChI=1S/C17H19N3O3/c1-20-8-2-3-11(17(20)23)18-13-14(16(22)15(13)21)19-12(9-4-5-9)10-6-7-10/h2-3,8-10,12,18-19H,4-7H2,1H3. The number of anilines is 3. The first-order chi connectivity index (χ1) is 11.1. The van der Waals surface area contributed by atoms with Gasteiger partial charge in [0.25, 0.3) is 16.4 Å². The highest BCUT2D eigenvalue weighted by molar-refractivity contribution is 5.78. The molecule has 6 nitrogen and oxygen atoms in total. The summed E-state index contributed by atoms with van der Waals surface area (Å²) in [7, 11) is 1.64. The van der Waals surface area contributed by atoms with Gasteiger partial charge in [0.1, 0.15) is 17.1 Å². The smallest absolute Gasteiger partial charge is 0.273 e. The van der Waals surface area contributed by atoms with Crippen molar-refractivity contribution in [1.82, 2.24) is 4.57 Å². The van der Waals surface area contributed by atoms with Gasteiger partial charge in [0.15, 0.2) is 0 Å². The van der Waals surface area contributed by atoms with Gasteiger partial charge < -0.3 is 15.2 Å². The average Bonchev–Trinajstić information content (AvgIpc) is 3.43. The van der Waals surface area contributed by atoms with Crippen LogP contribution in [0.5, 0.6) is 0 Å². The van der Waals surface area contributed by atoms with E-state index in [2.05, 4.69) is 10.6 Å². The first kappa shape index (κ1) is 14.2. The lowest BCUT2D eigenvalue weighted by molar-refractivity contribution is 0.567. The Morgan fingerprint density at radius 3 is 2.26 bits per heavy atom. The van der Waals surface area contributed by atoms with Gasteiger partial charge in [0.2, 0.25) is 0 Å². The van der Waals surface area contributed by atoms with Gasteiger partial charge in [-0.3, -0.25) is 14.4 Å². The lowest BCUT2D eigenvalue weighted by Gasteiger charge is -2.22. The summed E-state index contributed by atoms with van der Waals surface area (Å²) in [6.07, 6.45) is 6.39. The molecule has 1 aromatic carbocycles. The fourth-order valence-electron chi connectivity index (χ4n) is 3.17. The molecule has 6 heteroatoms. The van der Waals surface area contributed by atoms with E-state index in [1.807, 2.05) is 0 Å². The molecule has 0 aliphatic heterocycles. The van der Waals surface area contributed by atoms with E-state index in [9.17, 15) is 14.4 Å². The number of nitrogens with zero attached hydrogens (tertiary/aromatic N) is 1. The van der Waals surface area contributed by atoms with Crippen molar-refractivity contribution in [3.63, 3.8) is 0 Å². The quantitative estimate of drug-likeness (QED) is 0.786. The predicted molar refractivity (Wildman–Crippen MR) is 89.2 cm³/mol. The number of hydrogen-bond acceptors (Lipinski definition) is 5. The summed E-state index contributed by atoms with van der Waals surface area (Å²) in [4.78, 5) is 35.9. The Labute approximate surface area is 132 Å². The minimum absolute atomic E-state index is 0.226. The van der Waals surface area contributed by atoms with Crippen LogP contribution in [0.15, 0.2) is 32.7 Å². The third-order valence-electron chi connectivity index (χ3n) is 4.86. The molecule has 0 amide bonds. The van der Waals surface area contributed by atoms with E-state index in [4.69, 9.17) is 0 Å². The van der Waals surface area contributed by atoms with Crippen LogP contribution in [0, 0.1) is 11.8 Å². The lowest BCUT2D eigenvalue weighted by Crippen LogP contribution is -2.40. The number of nitrogens with one attached hydrogen (secondary N) is 2. The molecule has 120 valence electrons. The maximum atomic E-state index is 12.1. The number of rotatable bonds is 6. The van der Waals surface area contributed by atoms with E-state index in [1.54, 1.807) is 25.4 Å². The number of pyridine rings is 1. The molecule has 2 aliphatic rings. The van der Waals surface area contributed by atoms with Crippen LogP contribution in [-0.4, -0.2) is 10.6 Å². The van der Waals surface area contributed by atoms with Crippen molar-refractivity contribution in [2.45, 2.75) is 31.7 Å². The van der Waals surface area contributed by atoms with Crippen molar-refractivity contribution in [3.8, 4) is 0 Å². The molecule has 0 saturated heterocycles. The molecule has 2 aromatic rings. The fraction of sp³-hybridized carbons (Fsp3) is 0.471. The van der Waals surface area contributed by atoms with Crippen LogP contribution in [0.2, 0.25) is 0 Å². The van der Waals surface area contributed by atoms with Crippen molar-refractivity contribution in [2.75, 3.05) is 10.6 Å². The Morgan fingerprint density at radius 1 is 1.04 bits per heavy atom. The van der Waals surface area contributed by atoms with Crippen LogP contribution in [0.3, 0.4) is 0 Å². The zero-order chi connectivity index (χ0) is 16.1. The predicted octanol–water partition coefficient (Wildman–Crippen LogP) is 1.33. The molecule has 0 bridgehead atoms. The van der Waals surface area contributed by atoms with Crippen LogP contribution >= 0.6 is 0 Å². The van der Waals surface area contributed by atoms with Crippen LogP contribution in [-0.2, 0) is 7.05 Å². The van der Waals surface area contributed by atoms with Crippen molar-refractivity contribution < 1.29 is 0 Å². The summed E-state index contributed by atoms with van der Waals surface area (Å²) >= 11 is 0. The number of hydrogen-bond donors (Lipinski definition) is 2. The summed E-state index contributed by atoms with van der Waals surface area (Å²) in [6, 6.07) is 3.62. The normalized spacial score (nSPS) is 17.7. The Balaban J connectivity index is 1.61. The maximum absolute atomic E-state index is 12.1. The molecular formula is C17H19N3O3. The first-order valence-electron chi connectivity index (χ1n) is 8.09. The zero-order valence-corrected chi connectivity index (χ0v) is 13.0. The minimum atomic E-state index is -0.552. The summed E-state index contributed by atoms with van der Waals surface area (Å²) in [5, 5.41) is 6.16. The van der Waals surface area contributed by atoms with Gasteiger partial charge in [0, 0.05) is 19.3 Å². The SMILES string of the molecule is Cn1cccc(Nc2c(NC(C3CC3)C3CC3)c(=O)c2=O)c1=O. The number of aryl methyl sites for hydroxylation is 1. The molecule has 4 rings (SSSR count). The van der Waals surface area contributed by atoms with Gasteiger partial charge in [0.05, 0.1) is 0 Å². The van der Waals surface area contributed by atoms with Gasteiger partial charge in [-0.1, -0.05) is 0 Å². The zero-order valence-electron chi connectivity index (χ0n) is 13.0. The molecule has 2 saturated carbocycles. The second-order valence-corrected chi connectivity index (χ2v) is 6.72. The molecule has 0 spiro atoms. The lowest BCUT2D eigenvalue weighted by atomic mass is 10.1. The van der Waals surface area contributed by atoms with Gasteiger partial charge in [-0.2, -0.15) is 0 Å². The summed E-state index contributed by atoms with van der Waals surface area (Å²) in [5.74, 6) is 1.23. The number of aromatic nitrogens is 1. The van der Waals surface area contributed by atoms with E-state index < -0.39 is 10.9 Å². The molecule has 2 aliphatic carbocycles. The molecule has 2 N–H and O–H groups in total. The van der Waals surface area contributed by atoms with E-state index in [1.165, 1.54) is 30.3 Å². The second-order valence-electron chi connectivity index (χ2n) is 6.72. The molecule has 0 atom stereocenters. The van der Waals surface area contributed by atoms with E-state index >= 15 is 0 Å². The van der Waals surface area contributed by atoms with Crippen LogP contribution in [0.25, 0.3) is 0 Å². The highest BCUT2D eigenvalue weighted by Crippen LogP contribution is 2.46. The van der Waals surface area contributed by atoms with Gasteiger partial charge in [-0.25, -0.2) is 0 Å². The van der Waals surface area contributed by atoms with Crippen LogP contribution < -0.4 is 27.1 Å². The highest BCUT2D eigenvalue weighted by atomic mass is 16.2. The molecule has 23 heavy (non-hydrogen) atoms. The van der Waals surface area contributed by atoms with Gasteiger partial charge >= 0.3 is 0 Å². The van der Waals surface area contributed by atoms with Gasteiger partial charge in [-0.05, 0) is 49.7 Å². The topological polar surface area (TPSA) is 80.2 Å². The van der Waals surface area contributed by atoms with Crippen LogP contribution in [0.1, 0.15) is 25.7 Å². The molecule has 1 aromatic heterocycles. The van der Waals surface area contributed by atoms with E-state index in [0.717, 1.165) is 0 Å². The Morgan fingerprint density at radius 2 is 1.65 bits per heavy atom. The summed E-state index contributed by atoms with van der Waals surface area (Å²) in [5.41, 5.74) is -0.378. The molecule has 0 radical (unpaired) electrons. The summed E-state index contributed by atoms with van der Waals surface area (Å²) < 4.78 is 1.43. The fourth-order valence-corrected chi connectivity index (χ4v) is 3.17. The third kappa shape index (κ3) is 2.48. The van der Waals surface area contributed by atoms with Crippen LogP contribution in [0.4, 0.5) is 17.1 Å². The Kier molecular flexibility index (Phi) is 3.14. The Bertz CT molecular complexity index is 871. The van der Waals surface area contributed by atoms with Crippen molar-refractivity contribution in [1.29, 1.82) is 0 Å². The Hall–Kier alpha value is -2.37. The average molecular weight is 313 g/mol. The van der Waals surface area contributed by atoms with Crippen molar-refractivity contribution in [2.24, 2.45) is 18.9 Å². The first-order valence-corrected chi connectivity index (χ1v) is 8.09. The molecule has 2 fully saturated rings. The van der Waals surface area contributed by atoms with E-state index in [-0.39, 0.29) is 17.3 Å². The third-order valence-corrected chi connectivity index (χ3v) is 4.86. The van der Waals surface area contributed by atoms with Crippen molar-refractivity contribution in [3.05, 3.63) is 49.1 Å². The second kappa shape index (κ2) is 5.08. The minimum Gasteiger partial charge on any atom is -0.377 e. The molecular weight excluding hydrogens is 294 g/mol. The largest absolute Gasteiger partial charge is 0.377 e.